The van der Waals surface area contributed by atoms with Crippen molar-refractivity contribution in [3.05, 3.63) is 103 Å². The molecule has 0 unspecified atom stereocenters. The molecule has 0 spiro atoms. The minimum absolute atomic E-state index is 0.0251. The molecule has 3 aromatic rings. The van der Waals surface area contributed by atoms with Crippen LogP contribution in [0, 0.1) is 0 Å². The van der Waals surface area contributed by atoms with E-state index in [9.17, 15) is 24.0 Å². The fraction of sp³-hybridized carbons (Fsp3) is 0.121. The molecule has 0 radical (unpaired) electrons. The third-order valence-corrected chi connectivity index (χ3v) is 5.47. The van der Waals surface area contributed by atoms with E-state index < -0.39 is 29.8 Å². The lowest BCUT2D eigenvalue weighted by Gasteiger charge is -2.13. The zero-order valence-electron chi connectivity index (χ0n) is 24.0. The molecular formula is C33H28O10. The van der Waals surface area contributed by atoms with Gasteiger partial charge in [-0.15, -0.1) is 0 Å². The van der Waals surface area contributed by atoms with E-state index in [1.807, 2.05) is 0 Å². The lowest BCUT2D eigenvalue weighted by molar-refractivity contribution is -0.132. The SMILES string of the molecule is C=C(C)C(=O)Oc1ccc(OC(=O)c2ccc3cc(OC(=O)C(=C)C)c(OC(=O)C(=C)C)cc3c2)cc1OC(=O)C(=C)C. The summed E-state index contributed by atoms with van der Waals surface area (Å²) in [6.07, 6.45) is 0. The van der Waals surface area contributed by atoms with E-state index in [0.717, 1.165) is 0 Å². The molecule has 0 atom stereocenters. The van der Waals surface area contributed by atoms with Gasteiger partial charge in [-0.1, -0.05) is 32.4 Å². The molecule has 0 fully saturated rings. The number of carbonyl (C=O) groups is 5. The van der Waals surface area contributed by atoms with E-state index in [4.69, 9.17) is 23.7 Å². The lowest BCUT2D eigenvalue weighted by Crippen LogP contribution is -2.14. The van der Waals surface area contributed by atoms with Crippen molar-refractivity contribution in [3.8, 4) is 28.7 Å². The largest absolute Gasteiger partial charge is 0.423 e. The number of ether oxygens (including phenoxy) is 5. The van der Waals surface area contributed by atoms with Crippen molar-refractivity contribution in [2.45, 2.75) is 27.7 Å². The summed E-state index contributed by atoms with van der Waals surface area (Å²) in [7, 11) is 0. The van der Waals surface area contributed by atoms with Gasteiger partial charge < -0.3 is 23.7 Å². The molecule has 0 amide bonds. The van der Waals surface area contributed by atoms with Crippen LogP contribution in [0.25, 0.3) is 10.8 Å². The maximum absolute atomic E-state index is 13.1. The molecule has 0 aliphatic heterocycles. The van der Waals surface area contributed by atoms with Crippen molar-refractivity contribution in [1.29, 1.82) is 0 Å². The van der Waals surface area contributed by atoms with Crippen LogP contribution in [0.15, 0.2) is 97.1 Å². The van der Waals surface area contributed by atoms with Crippen molar-refractivity contribution in [2.24, 2.45) is 0 Å². The standard InChI is InChI=1S/C33H28O10/c1-17(2)29(34)40-25-12-11-24(16-28(25)43-32(37)20(7)8)39-33(38)22-10-9-21-14-26(41-30(35)18(3)4)27(15-23(21)13-22)42-31(36)19(5)6/h9-16H,1,3,5,7H2,2,4,6,8H3. The second-order valence-corrected chi connectivity index (χ2v) is 9.54. The van der Waals surface area contributed by atoms with Crippen molar-refractivity contribution in [3.63, 3.8) is 0 Å². The fourth-order valence-electron chi connectivity index (χ4n) is 3.17. The third-order valence-electron chi connectivity index (χ3n) is 5.47. The van der Waals surface area contributed by atoms with Gasteiger partial charge in [0.05, 0.1) is 5.56 Å². The van der Waals surface area contributed by atoms with Gasteiger partial charge in [0.2, 0.25) is 0 Å². The summed E-state index contributed by atoms with van der Waals surface area (Å²) >= 11 is 0. The van der Waals surface area contributed by atoms with Crippen LogP contribution in [0.3, 0.4) is 0 Å². The summed E-state index contributed by atoms with van der Waals surface area (Å²) in [5.74, 6) is -4.23. The van der Waals surface area contributed by atoms with Crippen molar-refractivity contribution in [2.75, 3.05) is 0 Å². The van der Waals surface area contributed by atoms with Crippen molar-refractivity contribution in [1.82, 2.24) is 0 Å². The van der Waals surface area contributed by atoms with Gasteiger partial charge >= 0.3 is 29.8 Å². The monoisotopic (exact) mass is 584 g/mol. The van der Waals surface area contributed by atoms with Crippen LogP contribution in [0.4, 0.5) is 0 Å². The van der Waals surface area contributed by atoms with Gasteiger partial charge in [-0.3, -0.25) is 0 Å². The second-order valence-electron chi connectivity index (χ2n) is 9.54. The maximum atomic E-state index is 13.1. The van der Waals surface area contributed by atoms with E-state index in [1.165, 1.54) is 70.2 Å². The number of hydrogen-bond acceptors (Lipinski definition) is 10. The first kappa shape index (κ1) is 31.8. The molecule has 0 aliphatic carbocycles. The van der Waals surface area contributed by atoms with Crippen LogP contribution in [-0.4, -0.2) is 29.8 Å². The van der Waals surface area contributed by atoms with Crippen LogP contribution in [0.1, 0.15) is 38.1 Å². The Kier molecular flexibility index (Phi) is 9.79. The summed E-state index contributed by atoms with van der Waals surface area (Å²) in [5, 5.41) is 1.00. The Morgan fingerprint density at radius 1 is 0.465 bits per heavy atom. The Hall–Kier alpha value is -5.77. The first-order valence-corrected chi connectivity index (χ1v) is 12.6. The molecule has 0 N–H and O–H groups in total. The van der Waals surface area contributed by atoms with E-state index in [0.29, 0.717) is 10.8 Å². The van der Waals surface area contributed by atoms with Crippen LogP contribution in [-0.2, 0) is 19.2 Å². The Balaban J connectivity index is 1.96. The molecule has 0 bridgehead atoms. The molecular weight excluding hydrogens is 556 g/mol. The molecule has 0 aromatic heterocycles. The second kappa shape index (κ2) is 13.3. The van der Waals surface area contributed by atoms with Gasteiger partial charge in [-0.05, 0) is 74.9 Å². The summed E-state index contributed by atoms with van der Waals surface area (Å²) in [4.78, 5) is 61.6. The van der Waals surface area contributed by atoms with Gasteiger partial charge in [0.25, 0.3) is 0 Å². The molecule has 3 aromatic carbocycles. The highest BCUT2D eigenvalue weighted by molar-refractivity contribution is 5.99. The van der Waals surface area contributed by atoms with E-state index in [-0.39, 0.29) is 56.6 Å². The minimum atomic E-state index is -0.790. The Labute approximate surface area is 247 Å². The average molecular weight is 585 g/mol. The first-order chi connectivity index (χ1) is 20.2. The molecule has 43 heavy (non-hydrogen) atoms. The van der Waals surface area contributed by atoms with E-state index in [1.54, 1.807) is 6.07 Å². The summed E-state index contributed by atoms with van der Waals surface area (Å²) in [5.41, 5.74) is 0.553. The average Bonchev–Trinajstić information content (AvgIpc) is 2.93. The number of rotatable bonds is 10. The number of carbonyl (C=O) groups excluding carboxylic acids is 5. The molecule has 0 saturated heterocycles. The summed E-state index contributed by atoms with van der Waals surface area (Å²) in [6.45, 7) is 19.9. The predicted molar refractivity (Wildman–Crippen MR) is 157 cm³/mol. The summed E-state index contributed by atoms with van der Waals surface area (Å²) in [6, 6.07) is 11.3. The Morgan fingerprint density at radius 3 is 1.35 bits per heavy atom. The normalized spacial score (nSPS) is 10.2. The van der Waals surface area contributed by atoms with Crippen molar-refractivity contribution >= 4 is 40.6 Å². The molecule has 0 heterocycles. The zero-order valence-corrected chi connectivity index (χ0v) is 24.0. The first-order valence-electron chi connectivity index (χ1n) is 12.6. The number of esters is 5. The maximum Gasteiger partial charge on any atom is 0.343 e. The highest BCUT2D eigenvalue weighted by atomic mass is 16.6. The van der Waals surface area contributed by atoms with Crippen LogP contribution in [0.5, 0.6) is 28.7 Å². The van der Waals surface area contributed by atoms with Crippen LogP contribution >= 0.6 is 0 Å². The molecule has 10 heteroatoms. The van der Waals surface area contributed by atoms with Crippen molar-refractivity contribution < 1.29 is 47.7 Å². The molecule has 0 aliphatic rings. The Bertz CT molecular complexity index is 1740. The predicted octanol–water partition coefficient (Wildman–Crippen LogP) is 5.99. The van der Waals surface area contributed by atoms with Gasteiger partial charge in [-0.2, -0.15) is 0 Å². The van der Waals surface area contributed by atoms with Gasteiger partial charge in [0, 0.05) is 28.4 Å². The Morgan fingerprint density at radius 2 is 0.884 bits per heavy atom. The highest BCUT2D eigenvalue weighted by Gasteiger charge is 2.20. The van der Waals surface area contributed by atoms with Gasteiger partial charge in [-0.25, -0.2) is 24.0 Å². The number of fused-ring (bicyclic) bond motifs is 1. The molecule has 220 valence electrons. The molecule has 3 rings (SSSR count). The van der Waals surface area contributed by atoms with Gasteiger partial charge in [0.15, 0.2) is 23.0 Å². The topological polar surface area (TPSA) is 132 Å². The fourth-order valence-corrected chi connectivity index (χ4v) is 3.17. The quantitative estimate of drug-likeness (QED) is 0.159. The zero-order chi connectivity index (χ0) is 32.0. The van der Waals surface area contributed by atoms with Gasteiger partial charge in [0.1, 0.15) is 5.75 Å². The van der Waals surface area contributed by atoms with Crippen LogP contribution < -0.4 is 23.7 Å². The lowest BCUT2D eigenvalue weighted by atomic mass is 10.1. The highest BCUT2D eigenvalue weighted by Crippen LogP contribution is 2.35. The van der Waals surface area contributed by atoms with E-state index >= 15 is 0 Å². The smallest absolute Gasteiger partial charge is 0.343 e. The minimum Gasteiger partial charge on any atom is -0.423 e. The van der Waals surface area contributed by atoms with E-state index in [2.05, 4.69) is 26.3 Å². The molecule has 10 nitrogen and oxygen atoms in total. The summed E-state index contributed by atoms with van der Waals surface area (Å²) < 4.78 is 26.7. The number of benzene rings is 3. The molecule has 0 saturated carbocycles. The number of hydrogen-bond donors (Lipinski definition) is 0. The third kappa shape index (κ3) is 8.14. The van der Waals surface area contributed by atoms with Crippen LogP contribution in [0.2, 0.25) is 0 Å².